The van der Waals surface area contributed by atoms with Gasteiger partial charge in [-0.2, -0.15) is 0 Å². The van der Waals surface area contributed by atoms with Crippen LogP contribution in [0.25, 0.3) is 0 Å². The first-order chi connectivity index (χ1) is 7.25. The second-order valence-electron chi connectivity index (χ2n) is 3.00. The van der Waals surface area contributed by atoms with Crippen LogP contribution in [-0.4, -0.2) is 23.9 Å². The molecule has 0 fully saturated rings. The first kappa shape index (κ1) is 13.9. The molecule has 0 saturated heterocycles. The van der Waals surface area contributed by atoms with E-state index in [1.807, 2.05) is 0 Å². The van der Waals surface area contributed by atoms with Gasteiger partial charge in [0.2, 0.25) is 0 Å². The Balaban J connectivity index is 4.93. The van der Waals surface area contributed by atoms with Gasteiger partial charge in [0, 0.05) is 35.7 Å². The van der Waals surface area contributed by atoms with Gasteiger partial charge < -0.3 is 39.6 Å². The monoisotopic (exact) mass is 230 g/mol. The van der Waals surface area contributed by atoms with Gasteiger partial charge in [-0.3, -0.25) is 0 Å². The van der Waals surface area contributed by atoms with Gasteiger partial charge in [-0.05, 0) is 12.8 Å². The van der Waals surface area contributed by atoms with Gasteiger partial charge >= 0.3 is 0 Å². The number of carbonyl (C=O) groups excluding carboxylic acids is 4. The molecule has 0 radical (unpaired) electrons. The number of carboxylic acids is 4. The van der Waals surface area contributed by atoms with Gasteiger partial charge in [-0.25, -0.2) is 0 Å². The van der Waals surface area contributed by atoms with E-state index in [-0.39, 0.29) is 0 Å². The zero-order valence-electron chi connectivity index (χ0n) is 7.83. The second kappa shape index (κ2) is 5.69. The minimum atomic E-state index is -2.03. The summed E-state index contributed by atoms with van der Waals surface area (Å²) in [6.45, 7) is 0. The molecule has 0 aliphatic heterocycles. The lowest BCUT2D eigenvalue weighted by molar-refractivity contribution is -0.335. The van der Waals surface area contributed by atoms with E-state index >= 15 is 0 Å². The van der Waals surface area contributed by atoms with Crippen LogP contribution in [0.15, 0.2) is 0 Å². The Labute approximate surface area is 89.1 Å². The van der Waals surface area contributed by atoms with E-state index < -0.39 is 48.6 Å². The molecule has 0 heterocycles. The number of hydrogen-bond donors (Lipinski definition) is 0. The lowest BCUT2D eigenvalue weighted by Crippen LogP contribution is -2.48. The molecule has 8 heteroatoms. The lowest BCUT2D eigenvalue weighted by atomic mass is 9.87. The number of hydrogen-bond acceptors (Lipinski definition) is 8. The Bertz CT molecular complexity index is 288. The molecular formula is C8H6O8-4. The van der Waals surface area contributed by atoms with E-state index in [1.54, 1.807) is 0 Å². The molecule has 0 amide bonds. The lowest BCUT2D eigenvalue weighted by Gasteiger charge is -2.29. The summed E-state index contributed by atoms with van der Waals surface area (Å²) >= 11 is 0. The van der Waals surface area contributed by atoms with Crippen LogP contribution in [-0.2, 0) is 19.2 Å². The fourth-order valence-corrected chi connectivity index (χ4v) is 1.14. The molecule has 2 unspecified atom stereocenters. The molecule has 0 N–H and O–H groups in total. The highest BCUT2D eigenvalue weighted by Gasteiger charge is 2.24. The van der Waals surface area contributed by atoms with Gasteiger partial charge in [-0.15, -0.1) is 0 Å². The molecule has 0 rings (SSSR count). The van der Waals surface area contributed by atoms with Crippen molar-refractivity contribution in [3.63, 3.8) is 0 Å². The van der Waals surface area contributed by atoms with Crippen LogP contribution >= 0.6 is 0 Å². The Morgan fingerprint density at radius 3 is 1.06 bits per heavy atom. The summed E-state index contributed by atoms with van der Waals surface area (Å²) in [5.41, 5.74) is 0. The molecule has 90 valence electrons. The Hall–Kier alpha value is -2.12. The third-order valence-electron chi connectivity index (χ3n) is 1.86. The molecule has 0 saturated carbocycles. The fraction of sp³-hybridized carbons (Fsp3) is 0.500. The summed E-state index contributed by atoms with van der Waals surface area (Å²) in [5, 5.41) is 41.2. The van der Waals surface area contributed by atoms with Gasteiger partial charge in [0.15, 0.2) is 0 Å². The van der Waals surface area contributed by atoms with Crippen molar-refractivity contribution in [2.24, 2.45) is 11.8 Å². The summed E-state index contributed by atoms with van der Waals surface area (Å²) in [5.74, 6) is -11.7. The molecule has 0 aromatic rings. The zero-order chi connectivity index (χ0) is 12.9. The minimum Gasteiger partial charge on any atom is -0.550 e. The van der Waals surface area contributed by atoms with Crippen LogP contribution in [0.2, 0.25) is 0 Å². The highest BCUT2D eigenvalue weighted by Crippen LogP contribution is 2.18. The fourth-order valence-electron chi connectivity index (χ4n) is 1.14. The highest BCUT2D eigenvalue weighted by molar-refractivity contribution is 5.84. The first-order valence-electron chi connectivity index (χ1n) is 4.07. The molecule has 0 bridgehead atoms. The van der Waals surface area contributed by atoms with Crippen molar-refractivity contribution in [3.8, 4) is 0 Å². The number of carboxylic acid groups (broad SMARTS) is 4. The Morgan fingerprint density at radius 1 is 0.688 bits per heavy atom. The molecule has 0 aromatic heterocycles. The van der Waals surface area contributed by atoms with E-state index in [0.717, 1.165) is 0 Å². The van der Waals surface area contributed by atoms with Crippen molar-refractivity contribution in [2.45, 2.75) is 12.8 Å². The average molecular weight is 230 g/mol. The Kier molecular flexibility index (Phi) is 4.93. The maximum atomic E-state index is 10.5. The summed E-state index contributed by atoms with van der Waals surface area (Å²) in [6, 6.07) is 0. The van der Waals surface area contributed by atoms with Crippen molar-refractivity contribution in [1.82, 2.24) is 0 Å². The third kappa shape index (κ3) is 4.40. The van der Waals surface area contributed by atoms with E-state index in [2.05, 4.69) is 0 Å². The topological polar surface area (TPSA) is 161 Å². The first-order valence-corrected chi connectivity index (χ1v) is 4.07. The quantitative estimate of drug-likeness (QED) is 0.417. The van der Waals surface area contributed by atoms with Crippen LogP contribution in [0, 0.1) is 11.8 Å². The molecule has 2 atom stereocenters. The van der Waals surface area contributed by atoms with E-state index in [4.69, 9.17) is 0 Å². The van der Waals surface area contributed by atoms with Crippen molar-refractivity contribution < 1.29 is 39.6 Å². The maximum absolute atomic E-state index is 10.5. The van der Waals surface area contributed by atoms with Crippen LogP contribution in [0.4, 0.5) is 0 Å². The smallest absolute Gasteiger partial charge is 0.0455 e. The molecule has 8 nitrogen and oxygen atoms in total. The summed E-state index contributed by atoms with van der Waals surface area (Å²) < 4.78 is 0. The Morgan fingerprint density at radius 2 is 0.938 bits per heavy atom. The summed E-state index contributed by atoms with van der Waals surface area (Å²) in [7, 11) is 0. The normalized spacial score (nSPS) is 13.8. The van der Waals surface area contributed by atoms with E-state index in [0.29, 0.717) is 0 Å². The summed E-state index contributed by atoms with van der Waals surface area (Å²) in [4.78, 5) is 41.2. The van der Waals surface area contributed by atoms with Crippen LogP contribution in [0.3, 0.4) is 0 Å². The van der Waals surface area contributed by atoms with Gasteiger partial charge in [0.1, 0.15) is 0 Å². The standard InChI is InChI=1S/C8H10O8/c9-5(10)1-3(7(13)14)4(8(15)16)2-6(11)12/h3-4H,1-2H2,(H,9,10)(H,11,12)(H,13,14)(H,15,16)/p-4. The number of aliphatic carboxylic acids is 4. The minimum absolute atomic E-state index is 1.17. The van der Waals surface area contributed by atoms with Gasteiger partial charge in [-0.1, -0.05) is 0 Å². The van der Waals surface area contributed by atoms with Crippen molar-refractivity contribution >= 4 is 23.9 Å². The summed E-state index contributed by atoms with van der Waals surface area (Å²) in [6.07, 6.45) is -2.34. The highest BCUT2D eigenvalue weighted by atomic mass is 16.4. The van der Waals surface area contributed by atoms with Gasteiger partial charge in [0.05, 0.1) is 0 Å². The predicted molar refractivity (Wildman–Crippen MR) is 36.2 cm³/mol. The van der Waals surface area contributed by atoms with Crippen molar-refractivity contribution in [1.29, 1.82) is 0 Å². The molecule has 0 spiro atoms. The SMILES string of the molecule is O=C([O-])CC(C(=O)[O-])C(CC(=O)[O-])C(=O)[O-]. The number of carbonyl (C=O) groups is 4. The van der Waals surface area contributed by atoms with Crippen LogP contribution in [0.5, 0.6) is 0 Å². The predicted octanol–water partition coefficient (Wildman–Crippen LogP) is -6.00. The van der Waals surface area contributed by atoms with Crippen molar-refractivity contribution in [2.75, 3.05) is 0 Å². The van der Waals surface area contributed by atoms with E-state index in [1.165, 1.54) is 0 Å². The maximum Gasteiger partial charge on any atom is 0.0455 e. The molecule has 0 aliphatic rings. The average Bonchev–Trinajstić information content (AvgIpc) is 2.09. The number of rotatable bonds is 7. The largest absolute Gasteiger partial charge is 0.550 e. The zero-order valence-corrected chi connectivity index (χ0v) is 7.83. The molecule has 16 heavy (non-hydrogen) atoms. The molecule has 0 aliphatic carbocycles. The van der Waals surface area contributed by atoms with Crippen molar-refractivity contribution in [3.05, 3.63) is 0 Å². The van der Waals surface area contributed by atoms with Gasteiger partial charge in [0.25, 0.3) is 0 Å². The second-order valence-corrected chi connectivity index (χ2v) is 3.00. The third-order valence-corrected chi connectivity index (χ3v) is 1.86. The van der Waals surface area contributed by atoms with Crippen LogP contribution < -0.4 is 20.4 Å². The molecule has 0 aromatic carbocycles. The van der Waals surface area contributed by atoms with Crippen LogP contribution in [0.1, 0.15) is 12.8 Å². The molecular weight excluding hydrogens is 224 g/mol. The van der Waals surface area contributed by atoms with E-state index in [9.17, 15) is 39.6 Å².